The van der Waals surface area contributed by atoms with Gasteiger partial charge in [0, 0.05) is 38.3 Å². The average molecular weight is 531 g/mol. The number of ether oxygens (including phenoxy) is 2. The SMILES string of the molecule is CCNC(=O)NC1(C2CNCCC2(C)C(=O)O)N=CC=CN1c1cc(COCCOC)c2scnc2c1. The van der Waals surface area contributed by atoms with Gasteiger partial charge in [0.2, 0.25) is 5.79 Å². The van der Waals surface area contributed by atoms with Crippen molar-refractivity contribution < 1.29 is 24.2 Å². The van der Waals surface area contributed by atoms with Gasteiger partial charge in [0.25, 0.3) is 0 Å². The molecular formula is C25H34N6O5S. The standard InChI is InChI=1S/C25H34N6O5S/c1-4-27-23(34)30-25(20-14-26-8-6-24(20,2)22(32)33)29-7-5-9-31(25)18-12-17(15-36-11-10-35-3)21-19(13-18)28-16-37-21/h5,7,9,12-13,16,20,26H,4,6,8,10-11,14-15H2,1-3H3,(H,32,33)(H2,27,30,34). The van der Waals surface area contributed by atoms with E-state index in [1.165, 1.54) is 11.3 Å². The highest BCUT2D eigenvalue weighted by molar-refractivity contribution is 7.17. The van der Waals surface area contributed by atoms with E-state index in [0.717, 1.165) is 15.8 Å². The number of anilines is 1. The first-order chi connectivity index (χ1) is 17.9. The molecule has 1 fully saturated rings. The molecule has 0 aliphatic carbocycles. The zero-order valence-corrected chi connectivity index (χ0v) is 22.1. The molecule has 0 spiro atoms. The topological polar surface area (TPSA) is 137 Å². The van der Waals surface area contributed by atoms with Gasteiger partial charge in [0.05, 0.1) is 46.9 Å². The van der Waals surface area contributed by atoms with Gasteiger partial charge in [0.1, 0.15) is 0 Å². The number of amides is 2. The summed E-state index contributed by atoms with van der Waals surface area (Å²) in [6.07, 6.45) is 5.59. The van der Waals surface area contributed by atoms with Gasteiger partial charge in [-0.2, -0.15) is 0 Å². The molecular weight excluding hydrogens is 496 g/mol. The smallest absolute Gasteiger partial charge is 0.318 e. The van der Waals surface area contributed by atoms with Crippen LogP contribution in [0.15, 0.2) is 34.9 Å². The van der Waals surface area contributed by atoms with Crippen molar-refractivity contribution in [3.05, 3.63) is 35.5 Å². The Hall–Kier alpha value is -3.06. The third-order valence-electron chi connectivity index (χ3n) is 6.97. The number of piperidine rings is 1. The fraction of sp³-hybridized carbons (Fsp3) is 0.520. The number of hydrogen-bond acceptors (Lipinski definition) is 9. The van der Waals surface area contributed by atoms with E-state index < -0.39 is 29.1 Å². The van der Waals surface area contributed by atoms with Gasteiger partial charge in [0.15, 0.2) is 0 Å². The number of carbonyl (C=O) groups is 2. The monoisotopic (exact) mass is 530 g/mol. The number of methoxy groups -OCH3 is 1. The Kier molecular flexibility index (Phi) is 8.42. The van der Waals surface area contributed by atoms with Crippen molar-refractivity contribution in [2.75, 3.05) is 44.9 Å². The first kappa shape index (κ1) is 27.0. The molecule has 2 amide bonds. The number of carboxylic acids is 1. The lowest BCUT2D eigenvalue weighted by atomic mass is 9.68. The molecule has 0 radical (unpaired) electrons. The number of nitrogens with zero attached hydrogens (tertiary/aromatic N) is 3. The van der Waals surface area contributed by atoms with Gasteiger partial charge in [-0.15, -0.1) is 11.3 Å². The number of carbonyl (C=O) groups excluding carboxylic acids is 1. The molecule has 2 aliphatic rings. The summed E-state index contributed by atoms with van der Waals surface area (Å²) >= 11 is 1.53. The minimum absolute atomic E-state index is 0.350. The van der Waals surface area contributed by atoms with Crippen LogP contribution in [0.3, 0.4) is 0 Å². The number of aliphatic carboxylic acids is 1. The maximum absolute atomic E-state index is 13.0. The molecule has 37 heavy (non-hydrogen) atoms. The molecule has 3 atom stereocenters. The first-order valence-corrected chi connectivity index (χ1v) is 13.2. The van der Waals surface area contributed by atoms with Crippen LogP contribution in [0.1, 0.15) is 25.8 Å². The minimum atomic E-state index is -1.41. The van der Waals surface area contributed by atoms with E-state index in [4.69, 9.17) is 14.5 Å². The van der Waals surface area contributed by atoms with Crippen molar-refractivity contribution in [2.24, 2.45) is 16.3 Å². The van der Waals surface area contributed by atoms with Crippen molar-refractivity contribution in [2.45, 2.75) is 32.7 Å². The summed E-state index contributed by atoms with van der Waals surface area (Å²) < 4.78 is 11.9. The fourth-order valence-electron chi connectivity index (χ4n) is 4.98. The van der Waals surface area contributed by atoms with Gasteiger partial charge < -0.3 is 30.1 Å². The number of urea groups is 1. The summed E-state index contributed by atoms with van der Waals surface area (Å²) in [6, 6.07) is 3.48. The first-order valence-electron chi connectivity index (χ1n) is 12.3. The normalized spacial score (nSPS) is 25.4. The molecule has 2 aromatic rings. The Morgan fingerprint density at radius 3 is 2.95 bits per heavy atom. The predicted octanol–water partition coefficient (Wildman–Crippen LogP) is 2.54. The molecule has 3 heterocycles. The maximum Gasteiger partial charge on any atom is 0.318 e. The third kappa shape index (κ3) is 5.33. The van der Waals surface area contributed by atoms with E-state index in [1.54, 1.807) is 31.8 Å². The molecule has 1 aromatic carbocycles. The maximum atomic E-state index is 13.0. The van der Waals surface area contributed by atoms with Crippen LogP contribution >= 0.6 is 11.3 Å². The Labute approximate surface area is 219 Å². The van der Waals surface area contributed by atoms with E-state index in [9.17, 15) is 14.7 Å². The second kappa shape index (κ2) is 11.5. The van der Waals surface area contributed by atoms with E-state index >= 15 is 0 Å². The summed E-state index contributed by atoms with van der Waals surface area (Å²) in [5.74, 6) is -2.95. The predicted molar refractivity (Wildman–Crippen MR) is 143 cm³/mol. The fourth-order valence-corrected chi connectivity index (χ4v) is 5.75. The molecule has 1 aromatic heterocycles. The number of aromatic nitrogens is 1. The minimum Gasteiger partial charge on any atom is -0.481 e. The van der Waals surface area contributed by atoms with Crippen LogP contribution in [-0.2, 0) is 20.9 Å². The van der Waals surface area contributed by atoms with Crippen LogP contribution in [0.5, 0.6) is 0 Å². The number of allylic oxidation sites excluding steroid dienone is 1. The Balaban J connectivity index is 1.83. The molecule has 1 saturated heterocycles. The number of hydrogen-bond donors (Lipinski definition) is 4. The van der Waals surface area contributed by atoms with Gasteiger partial charge in [-0.3, -0.25) is 10.1 Å². The Bertz CT molecular complexity index is 1190. The van der Waals surface area contributed by atoms with Crippen LogP contribution < -0.4 is 20.9 Å². The van der Waals surface area contributed by atoms with Gasteiger partial charge >= 0.3 is 12.0 Å². The van der Waals surface area contributed by atoms with Crippen molar-refractivity contribution >= 4 is 45.5 Å². The largest absolute Gasteiger partial charge is 0.481 e. The number of aliphatic imine (C=N–C) groups is 1. The highest BCUT2D eigenvalue weighted by atomic mass is 32.1. The molecule has 3 unspecified atom stereocenters. The van der Waals surface area contributed by atoms with Crippen LogP contribution in [-0.4, -0.2) is 74.1 Å². The lowest BCUT2D eigenvalue weighted by molar-refractivity contribution is -0.155. The summed E-state index contributed by atoms with van der Waals surface area (Å²) in [7, 11) is 1.63. The Morgan fingerprint density at radius 2 is 2.19 bits per heavy atom. The molecule has 11 nitrogen and oxygen atoms in total. The van der Waals surface area contributed by atoms with Crippen molar-refractivity contribution in [3.63, 3.8) is 0 Å². The quantitative estimate of drug-likeness (QED) is 0.344. The van der Waals surface area contributed by atoms with Gasteiger partial charge in [-0.1, -0.05) is 0 Å². The number of benzene rings is 1. The molecule has 200 valence electrons. The summed E-state index contributed by atoms with van der Waals surface area (Å²) in [6.45, 7) is 6.15. The number of carboxylic acid groups (broad SMARTS) is 1. The lowest BCUT2D eigenvalue weighted by Crippen LogP contribution is -2.71. The summed E-state index contributed by atoms with van der Waals surface area (Å²) in [4.78, 5) is 36.8. The van der Waals surface area contributed by atoms with E-state index in [1.807, 2.05) is 30.2 Å². The highest BCUT2D eigenvalue weighted by Gasteiger charge is 2.57. The van der Waals surface area contributed by atoms with Crippen LogP contribution in [0.25, 0.3) is 10.2 Å². The second-order valence-corrected chi connectivity index (χ2v) is 10.1. The number of thiazole rings is 1. The molecule has 0 bridgehead atoms. The zero-order chi connectivity index (χ0) is 26.5. The molecule has 2 aliphatic heterocycles. The van der Waals surface area contributed by atoms with Crippen molar-refractivity contribution in [1.82, 2.24) is 20.9 Å². The van der Waals surface area contributed by atoms with Crippen molar-refractivity contribution in [3.8, 4) is 0 Å². The molecule has 0 saturated carbocycles. The van der Waals surface area contributed by atoms with E-state index in [2.05, 4.69) is 20.9 Å². The third-order valence-corrected chi connectivity index (χ3v) is 7.89. The second-order valence-electron chi connectivity index (χ2n) is 9.28. The van der Waals surface area contributed by atoms with E-state index in [-0.39, 0.29) is 0 Å². The number of rotatable bonds is 10. The summed E-state index contributed by atoms with van der Waals surface area (Å²) in [5.41, 5.74) is 3.06. The Morgan fingerprint density at radius 1 is 1.35 bits per heavy atom. The lowest BCUT2D eigenvalue weighted by Gasteiger charge is -2.52. The zero-order valence-electron chi connectivity index (χ0n) is 21.3. The highest BCUT2D eigenvalue weighted by Crippen LogP contribution is 2.45. The van der Waals surface area contributed by atoms with Crippen LogP contribution in [0.2, 0.25) is 0 Å². The average Bonchev–Trinajstić information content (AvgIpc) is 3.36. The van der Waals surface area contributed by atoms with Crippen LogP contribution in [0, 0.1) is 11.3 Å². The molecule has 4 rings (SSSR count). The van der Waals surface area contributed by atoms with Crippen LogP contribution in [0.4, 0.5) is 10.5 Å². The molecule has 4 N–H and O–H groups in total. The van der Waals surface area contributed by atoms with Gasteiger partial charge in [-0.25, -0.2) is 14.8 Å². The van der Waals surface area contributed by atoms with Crippen molar-refractivity contribution in [1.29, 1.82) is 0 Å². The van der Waals surface area contributed by atoms with E-state index in [0.29, 0.717) is 51.6 Å². The number of fused-ring (bicyclic) bond motifs is 1. The number of nitrogens with one attached hydrogen (secondary N) is 3. The van der Waals surface area contributed by atoms with Gasteiger partial charge in [-0.05, 0) is 50.6 Å². The molecule has 12 heteroatoms. The summed E-state index contributed by atoms with van der Waals surface area (Å²) in [5, 5.41) is 19.5.